The highest BCUT2D eigenvalue weighted by atomic mass is 16.3. The summed E-state index contributed by atoms with van der Waals surface area (Å²) in [4.78, 5) is 28.5. The molecule has 0 spiro atoms. The van der Waals surface area contributed by atoms with Crippen molar-refractivity contribution in [2.24, 2.45) is 26.7 Å². The minimum absolute atomic E-state index is 0.148. The Balaban J connectivity index is 2.92. The van der Waals surface area contributed by atoms with Gasteiger partial charge in [0.15, 0.2) is 0 Å². The summed E-state index contributed by atoms with van der Waals surface area (Å²) < 4.78 is 0. The molecule has 1 rings (SSSR count). The fraction of sp³-hybridized carbons (Fsp3) is 0.875. The molecule has 1 saturated carbocycles. The van der Waals surface area contributed by atoms with E-state index in [9.17, 15) is 24.9 Å². The largest absolute Gasteiger partial charge is 0.396 e. The van der Waals surface area contributed by atoms with Crippen molar-refractivity contribution in [3.05, 3.63) is 0 Å². The van der Waals surface area contributed by atoms with Gasteiger partial charge in [-0.1, -0.05) is 12.8 Å². The van der Waals surface area contributed by atoms with E-state index in [4.69, 9.17) is 0 Å². The van der Waals surface area contributed by atoms with Crippen LogP contribution in [0, 0.1) is 16.7 Å². The second kappa shape index (κ2) is 9.71. The maximum Gasteiger partial charge on any atom is 0.234 e. The second-order valence-corrected chi connectivity index (χ2v) is 6.63. The van der Waals surface area contributed by atoms with Crippen LogP contribution < -0.4 is 0 Å². The molecule has 0 aromatic heterocycles. The van der Waals surface area contributed by atoms with Gasteiger partial charge in [0, 0.05) is 10.8 Å². The van der Waals surface area contributed by atoms with Gasteiger partial charge in [-0.05, 0) is 31.6 Å². The van der Waals surface area contributed by atoms with E-state index in [1.165, 1.54) is 0 Å². The maximum atomic E-state index is 10.5. The highest BCUT2D eigenvalue weighted by Gasteiger charge is 2.42. The molecule has 0 aliphatic heterocycles. The molecule has 1 unspecified atom stereocenters. The fourth-order valence-corrected chi connectivity index (χ4v) is 3.54. The number of nitrogens with zero attached hydrogens (tertiary/aromatic N) is 2. The first kappa shape index (κ1) is 19.7. The Morgan fingerprint density at radius 2 is 1.57 bits per heavy atom. The van der Waals surface area contributed by atoms with E-state index < -0.39 is 5.41 Å². The smallest absolute Gasteiger partial charge is 0.234 e. The zero-order valence-corrected chi connectivity index (χ0v) is 13.4. The highest BCUT2D eigenvalue weighted by molar-refractivity contribution is 5.34. The molecule has 1 fully saturated rings. The number of rotatable bonds is 10. The second-order valence-electron chi connectivity index (χ2n) is 6.63. The topological polar surface area (TPSA) is 120 Å². The molecule has 1 atom stereocenters. The van der Waals surface area contributed by atoms with Gasteiger partial charge in [-0.15, -0.1) is 0 Å². The Hall–Kier alpha value is -1.36. The van der Waals surface area contributed by atoms with E-state index in [2.05, 4.69) is 9.98 Å². The lowest BCUT2D eigenvalue weighted by Gasteiger charge is -2.43. The van der Waals surface area contributed by atoms with Crippen LogP contribution in [0.5, 0.6) is 0 Å². The molecular weight excluding hydrogens is 300 g/mol. The summed E-state index contributed by atoms with van der Waals surface area (Å²) >= 11 is 0. The van der Waals surface area contributed by atoms with Crippen molar-refractivity contribution >= 4 is 12.2 Å². The van der Waals surface area contributed by atoms with Crippen LogP contribution in [0.2, 0.25) is 0 Å². The van der Waals surface area contributed by atoms with Crippen molar-refractivity contribution in [1.29, 1.82) is 0 Å². The highest BCUT2D eigenvalue weighted by Crippen LogP contribution is 2.45. The van der Waals surface area contributed by atoms with Crippen molar-refractivity contribution in [2.75, 3.05) is 32.9 Å². The predicted molar refractivity (Wildman–Crippen MR) is 83.3 cm³/mol. The van der Waals surface area contributed by atoms with Crippen LogP contribution in [0.15, 0.2) is 9.98 Å². The molecule has 0 bridgehead atoms. The lowest BCUT2D eigenvalue weighted by molar-refractivity contribution is -0.0136. The molecule has 7 nitrogen and oxygen atoms in total. The molecule has 0 aromatic carbocycles. The molecule has 0 aromatic rings. The quantitative estimate of drug-likeness (QED) is 0.401. The number of isocyanates is 2. The molecule has 1 aliphatic rings. The number of carbonyl (C=O) groups excluding carboxylic acids is 2. The fourth-order valence-electron chi connectivity index (χ4n) is 3.54. The molecule has 0 amide bonds. The van der Waals surface area contributed by atoms with Crippen LogP contribution in [-0.4, -0.2) is 60.4 Å². The molecule has 130 valence electrons. The van der Waals surface area contributed by atoms with Crippen LogP contribution in [0.3, 0.4) is 0 Å². The third kappa shape index (κ3) is 5.06. The third-order valence-electron chi connectivity index (χ3n) is 5.29. The summed E-state index contributed by atoms with van der Waals surface area (Å²) in [6.45, 7) is -0.358. The molecule has 0 radical (unpaired) electrons. The van der Waals surface area contributed by atoms with Gasteiger partial charge in [-0.3, -0.25) is 0 Å². The Morgan fingerprint density at radius 1 is 1.00 bits per heavy atom. The van der Waals surface area contributed by atoms with E-state index in [1.807, 2.05) is 0 Å². The minimum Gasteiger partial charge on any atom is -0.396 e. The number of hydrogen-bond acceptors (Lipinski definition) is 7. The summed E-state index contributed by atoms with van der Waals surface area (Å²) in [6, 6.07) is 0. The van der Waals surface area contributed by atoms with Gasteiger partial charge in [0.2, 0.25) is 12.2 Å². The molecule has 0 saturated heterocycles. The average Bonchev–Trinajstić information content (AvgIpc) is 2.61. The first-order valence-corrected chi connectivity index (χ1v) is 8.02. The standard InChI is InChI=1S/C16H26N2O5/c19-9-15(10-20,11-21)6-4-14-3-1-2-5-16(14,7-17-12-22)8-18-13-23/h14,19-21H,1-11H2. The van der Waals surface area contributed by atoms with Gasteiger partial charge in [0.25, 0.3) is 0 Å². The van der Waals surface area contributed by atoms with Crippen LogP contribution in [0.1, 0.15) is 38.5 Å². The first-order valence-electron chi connectivity index (χ1n) is 8.02. The van der Waals surface area contributed by atoms with Crippen LogP contribution >= 0.6 is 0 Å². The SMILES string of the molecule is O=C=NCC1(CN=C=O)CCCCC1CCC(CO)(CO)CO. The van der Waals surface area contributed by atoms with Gasteiger partial charge in [-0.25, -0.2) is 19.6 Å². The van der Waals surface area contributed by atoms with Crippen molar-refractivity contribution in [2.45, 2.75) is 38.5 Å². The molecule has 7 heteroatoms. The molecule has 3 N–H and O–H groups in total. The summed E-state index contributed by atoms with van der Waals surface area (Å²) in [5, 5.41) is 28.4. The lowest BCUT2D eigenvalue weighted by Crippen LogP contribution is -2.41. The Bertz CT molecular complexity index is 423. The van der Waals surface area contributed by atoms with Gasteiger partial charge in [0.1, 0.15) is 0 Å². The normalized spacial score (nSPS) is 24.6. The van der Waals surface area contributed by atoms with Gasteiger partial charge in [0.05, 0.1) is 32.9 Å². The maximum absolute atomic E-state index is 10.5. The van der Waals surface area contributed by atoms with Crippen LogP contribution in [-0.2, 0) is 9.59 Å². The number of aliphatic imine (C=N–C) groups is 2. The molecule has 0 heterocycles. The van der Waals surface area contributed by atoms with Gasteiger partial charge in [-0.2, -0.15) is 0 Å². The minimum atomic E-state index is -0.912. The molecular formula is C16H26N2O5. The number of hydrogen-bond donors (Lipinski definition) is 3. The van der Waals surface area contributed by atoms with Crippen molar-refractivity contribution in [3.63, 3.8) is 0 Å². The monoisotopic (exact) mass is 326 g/mol. The van der Waals surface area contributed by atoms with Crippen LogP contribution in [0.25, 0.3) is 0 Å². The Kier molecular flexibility index (Phi) is 8.31. The van der Waals surface area contributed by atoms with Crippen molar-refractivity contribution in [3.8, 4) is 0 Å². The third-order valence-corrected chi connectivity index (χ3v) is 5.29. The van der Waals surface area contributed by atoms with Crippen molar-refractivity contribution in [1.82, 2.24) is 0 Å². The van der Waals surface area contributed by atoms with Gasteiger partial charge < -0.3 is 15.3 Å². The number of aliphatic hydroxyl groups excluding tert-OH is 3. The predicted octanol–water partition coefficient (Wildman–Crippen LogP) is 0.578. The van der Waals surface area contributed by atoms with Crippen molar-refractivity contribution < 1.29 is 24.9 Å². The summed E-state index contributed by atoms with van der Waals surface area (Å²) in [5.74, 6) is 0.148. The average molecular weight is 326 g/mol. The lowest BCUT2D eigenvalue weighted by atomic mass is 9.63. The first-order chi connectivity index (χ1) is 11.1. The molecule has 1 aliphatic carbocycles. The zero-order chi connectivity index (χ0) is 17.2. The summed E-state index contributed by atoms with van der Waals surface area (Å²) in [6.07, 6.45) is 7.95. The van der Waals surface area contributed by atoms with E-state index in [-0.39, 0.29) is 44.2 Å². The molecule has 23 heavy (non-hydrogen) atoms. The Labute approximate surface area is 136 Å². The summed E-state index contributed by atoms with van der Waals surface area (Å²) in [5.41, 5.74) is -1.30. The Morgan fingerprint density at radius 3 is 2.04 bits per heavy atom. The van der Waals surface area contributed by atoms with E-state index in [1.54, 1.807) is 12.2 Å². The van der Waals surface area contributed by atoms with Gasteiger partial charge >= 0.3 is 0 Å². The van der Waals surface area contributed by atoms with Crippen LogP contribution in [0.4, 0.5) is 0 Å². The van der Waals surface area contributed by atoms with E-state index >= 15 is 0 Å². The van der Waals surface area contributed by atoms with E-state index in [0.717, 1.165) is 25.7 Å². The zero-order valence-electron chi connectivity index (χ0n) is 13.4. The summed E-state index contributed by atoms with van der Waals surface area (Å²) in [7, 11) is 0. The number of aliphatic hydroxyl groups is 3. The van der Waals surface area contributed by atoms with E-state index in [0.29, 0.717) is 12.8 Å².